The molecule has 2 aromatic rings. The molecule has 0 amide bonds. The van der Waals surface area contributed by atoms with Crippen LogP contribution in [0.1, 0.15) is 5.69 Å². The molecule has 0 N–H and O–H groups in total. The SMILES string of the molecule is N#Cc1ncn2ncnc(Cl)c12. The van der Waals surface area contributed by atoms with E-state index in [1.54, 1.807) is 0 Å². The molecule has 0 spiro atoms. The highest BCUT2D eigenvalue weighted by atomic mass is 35.5. The lowest BCUT2D eigenvalue weighted by Gasteiger charge is -1.91. The van der Waals surface area contributed by atoms with Crippen LogP contribution in [0.5, 0.6) is 0 Å². The van der Waals surface area contributed by atoms with E-state index in [0.29, 0.717) is 5.52 Å². The maximum absolute atomic E-state index is 8.61. The minimum Gasteiger partial charge on any atom is -0.223 e. The van der Waals surface area contributed by atoms with Crippen molar-refractivity contribution in [3.63, 3.8) is 0 Å². The number of hydrogen-bond donors (Lipinski definition) is 0. The minimum absolute atomic E-state index is 0.235. The Morgan fingerprint density at radius 1 is 1.50 bits per heavy atom. The van der Waals surface area contributed by atoms with E-state index in [2.05, 4.69) is 15.1 Å². The molecular weight excluding hydrogens is 178 g/mol. The van der Waals surface area contributed by atoms with E-state index >= 15 is 0 Å². The van der Waals surface area contributed by atoms with Gasteiger partial charge in [-0.2, -0.15) is 10.4 Å². The van der Waals surface area contributed by atoms with Gasteiger partial charge >= 0.3 is 0 Å². The van der Waals surface area contributed by atoms with Gasteiger partial charge in [0.2, 0.25) is 0 Å². The summed E-state index contributed by atoms with van der Waals surface area (Å²) in [6, 6.07) is 1.89. The van der Waals surface area contributed by atoms with Crippen molar-refractivity contribution in [3.8, 4) is 6.07 Å². The van der Waals surface area contributed by atoms with E-state index in [4.69, 9.17) is 16.9 Å². The average Bonchev–Trinajstić information content (AvgIpc) is 2.49. The number of rotatable bonds is 0. The highest BCUT2D eigenvalue weighted by Gasteiger charge is 2.08. The minimum atomic E-state index is 0.235. The molecule has 2 rings (SSSR count). The van der Waals surface area contributed by atoms with Gasteiger partial charge in [-0.25, -0.2) is 14.5 Å². The maximum atomic E-state index is 8.61. The lowest BCUT2D eigenvalue weighted by Crippen LogP contribution is -1.91. The van der Waals surface area contributed by atoms with Crippen molar-refractivity contribution >= 4 is 17.1 Å². The summed E-state index contributed by atoms with van der Waals surface area (Å²) < 4.78 is 1.41. The zero-order valence-electron chi connectivity index (χ0n) is 5.77. The van der Waals surface area contributed by atoms with Crippen LogP contribution in [0.15, 0.2) is 12.7 Å². The Hall–Kier alpha value is -1.67. The molecule has 12 heavy (non-hydrogen) atoms. The average molecular weight is 180 g/mol. The van der Waals surface area contributed by atoms with Crippen molar-refractivity contribution in [2.24, 2.45) is 0 Å². The molecule has 0 saturated heterocycles. The highest BCUT2D eigenvalue weighted by molar-refractivity contribution is 6.32. The van der Waals surface area contributed by atoms with Crippen LogP contribution >= 0.6 is 11.6 Å². The largest absolute Gasteiger partial charge is 0.223 e. The molecule has 2 aromatic heterocycles. The molecule has 0 aliphatic carbocycles. The summed E-state index contributed by atoms with van der Waals surface area (Å²) in [5, 5.41) is 12.7. The summed E-state index contributed by atoms with van der Waals surface area (Å²) in [7, 11) is 0. The smallest absolute Gasteiger partial charge is 0.171 e. The van der Waals surface area contributed by atoms with Gasteiger partial charge in [0.05, 0.1) is 0 Å². The van der Waals surface area contributed by atoms with Crippen LogP contribution in [-0.4, -0.2) is 19.6 Å². The molecule has 0 bridgehead atoms. The first-order chi connectivity index (χ1) is 5.83. The first-order valence-corrected chi connectivity index (χ1v) is 3.44. The third-order valence-electron chi connectivity index (χ3n) is 1.40. The second-order valence-corrected chi connectivity index (χ2v) is 2.41. The number of halogens is 1. The summed E-state index contributed by atoms with van der Waals surface area (Å²) in [6.45, 7) is 0. The van der Waals surface area contributed by atoms with E-state index in [1.807, 2.05) is 6.07 Å². The molecule has 0 unspecified atom stereocenters. The van der Waals surface area contributed by atoms with Gasteiger partial charge in [0.15, 0.2) is 10.8 Å². The van der Waals surface area contributed by atoms with Crippen LogP contribution in [0.4, 0.5) is 0 Å². The van der Waals surface area contributed by atoms with Gasteiger partial charge in [-0.3, -0.25) is 0 Å². The van der Waals surface area contributed by atoms with Crippen LogP contribution in [0.25, 0.3) is 5.52 Å². The number of imidazole rings is 1. The van der Waals surface area contributed by atoms with Gasteiger partial charge in [-0.1, -0.05) is 11.6 Å². The summed E-state index contributed by atoms with van der Waals surface area (Å²) in [5.74, 6) is 0. The van der Waals surface area contributed by atoms with Gasteiger partial charge < -0.3 is 0 Å². The predicted octanol–water partition coefficient (Wildman–Crippen LogP) is 0.649. The van der Waals surface area contributed by atoms with Crippen LogP contribution in [0.2, 0.25) is 5.15 Å². The first-order valence-electron chi connectivity index (χ1n) is 3.07. The fourth-order valence-corrected chi connectivity index (χ4v) is 1.11. The van der Waals surface area contributed by atoms with Gasteiger partial charge in [0.25, 0.3) is 0 Å². The number of hydrogen-bond acceptors (Lipinski definition) is 4. The van der Waals surface area contributed by atoms with Gasteiger partial charge in [0, 0.05) is 0 Å². The standard InChI is InChI=1S/C6H2ClN5/c7-6-5-4(1-8)10-3-12(5)11-2-9-6/h2-3H. The first kappa shape index (κ1) is 7.00. The molecule has 0 aromatic carbocycles. The zero-order valence-corrected chi connectivity index (χ0v) is 6.52. The monoisotopic (exact) mass is 179 g/mol. The molecule has 6 heteroatoms. The molecule has 0 aliphatic heterocycles. The number of fused-ring (bicyclic) bond motifs is 1. The predicted molar refractivity (Wildman–Crippen MR) is 40.5 cm³/mol. The zero-order chi connectivity index (χ0) is 8.55. The lowest BCUT2D eigenvalue weighted by molar-refractivity contribution is 0.892. The fourth-order valence-electron chi connectivity index (χ4n) is 0.895. The van der Waals surface area contributed by atoms with Crippen LogP contribution in [0.3, 0.4) is 0 Å². The summed E-state index contributed by atoms with van der Waals surface area (Å²) in [4.78, 5) is 7.52. The Bertz CT molecular complexity index is 468. The number of aromatic nitrogens is 4. The second-order valence-electron chi connectivity index (χ2n) is 2.05. The van der Waals surface area contributed by atoms with E-state index < -0.39 is 0 Å². The Morgan fingerprint density at radius 3 is 3.08 bits per heavy atom. The third kappa shape index (κ3) is 0.822. The Morgan fingerprint density at radius 2 is 2.33 bits per heavy atom. The molecule has 0 saturated carbocycles. The summed E-state index contributed by atoms with van der Waals surface area (Å²) >= 11 is 5.72. The molecule has 0 aliphatic rings. The Labute approximate surface area is 72.2 Å². The molecular formula is C6H2ClN5. The summed E-state index contributed by atoms with van der Waals surface area (Å²) in [6.07, 6.45) is 2.72. The quantitative estimate of drug-likeness (QED) is 0.596. The molecule has 58 valence electrons. The lowest BCUT2D eigenvalue weighted by atomic mass is 10.4. The van der Waals surface area contributed by atoms with E-state index in [-0.39, 0.29) is 10.8 Å². The van der Waals surface area contributed by atoms with Crippen molar-refractivity contribution in [2.75, 3.05) is 0 Å². The van der Waals surface area contributed by atoms with Crippen molar-refractivity contribution < 1.29 is 0 Å². The van der Waals surface area contributed by atoms with Gasteiger partial charge in [0.1, 0.15) is 24.2 Å². The number of nitrogens with zero attached hydrogens (tertiary/aromatic N) is 5. The number of nitriles is 1. The Balaban J connectivity index is 2.95. The fraction of sp³-hybridized carbons (Fsp3) is 0. The topological polar surface area (TPSA) is 66.9 Å². The van der Waals surface area contributed by atoms with E-state index in [0.717, 1.165) is 0 Å². The second kappa shape index (κ2) is 2.43. The molecule has 5 nitrogen and oxygen atoms in total. The maximum Gasteiger partial charge on any atom is 0.171 e. The van der Waals surface area contributed by atoms with E-state index in [1.165, 1.54) is 17.2 Å². The molecule has 0 atom stereocenters. The van der Waals surface area contributed by atoms with Crippen LogP contribution in [0, 0.1) is 11.3 Å². The normalized spacial score (nSPS) is 10.0. The molecule has 2 heterocycles. The van der Waals surface area contributed by atoms with Gasteiger partial charge in [-0.05, 0) is 0 Å². The Kier molecular flexibility index (Phi) is 1.42. The molecule has 0 fully saturated rings. The highest BCUT2D eigenvalue weighted by Crippen LogP contribution is 2.14. The van der Waals surface area contributed by atoms with Crippen molar-refractivity contribution in [3.05, 3.63) is 23.5 Å². The summed E-state index contributed by atoms with van der Waals surface area (Å²) in [5.41, 5.74) is 0.683. The van der Waals surface area contributed by atoms with Crippen molar-refractivity contribution in [2.45, 2.75) is 0 Å². The van der Waals surface area contributed by atoms with E-state index in [9.17, 15) is 0 Å². The van der Waals surface area contributed by atoms with Gasteiger partial charge in [-0.15, -0.1) is 0 Å². The van der Waals surface area contributed by atoms with Crippen molar-refractivity contribution in [1.29, 1.82) is 5.26 Å². The third-order valence-corrected chi connectivity index (χ3v) is 1.67. The van der Waals surface area contributed by atoms with Crippen LogP contribution in [-0.2, 0) is 0 Å². The molecule has 0 radical (unpaired) electrons. The van der Waals surface area contributed by atoms with Crippen LogP contribution < -0.4 is 0 Å². The van der Waals surface area contributed by atoms with Crippen molar-refractivity contribution in [1.82, 2.24) is 19.6 Å².